The van der Waals surface area contributed by atoms with Crippen molar-refractivity contribution >= 4 is 11.3 Å². The van der Waals surface area contributed by atoms with Crippen molar-refractivity contribution in [1.82, 2.24) is 14.7 Å². The molecule has 130 valence electrons. The van der Waals surface area contributed by atoms with Crippen molar-refractivity contribution in [3.05, 3.63) is 39.3 Å². The fourth-order valence-electron chi connectivity index (χ4n) is 3.50. The summed E-state index contributed by atoms with van der Waals surface area (Å²) >= 11 is 1.91. The van der Waals surface area contributed by atoms with Crippen LogP contribution < -0.4 is 0 Å². The molecule has 0 unspecified atom stereocenters. The lowest BCUT2D eigenvalue weighted by molar-refractivity contribution is 0.0892. The van der Waals surface area contributed by atoms with E-state index in [9.17, 15) is 0 Å². The second-order valence-electron chi connectivity index (χ2n) is 7.25. The second-order valence-corrected chi connectivity index (χ2v) is 8.62. The van der Waals surface area contributed by atoms with Crippen molar-refractivity contribution in [2.75, 3.05) is 19.8 Å². The summed E-state index contributed by atoms with van der Waals surface area (Å²) in [7, 11) is 0. The molecule has 1 atom stereocenters. The Balaban J connectivity index is 1.46. The van der Waals surface area contributed by atoms with Gasteiger partial charge in [-0.05, 0) is 44.7 Å². The van der Waals surface area contributed by atoms with Crippen LogP contribution in [0.4, 0.5) is 0 Å². The van der Waals surface area contributed by atoms with E-state index >= 15 is 0 Å². The van der Waals surface area contributed by atoms with Gasteiger partial charge in [-0.2, -0.15) is 5.10 Å². The van der Waals surface area contributed by atoms with E-state index in [-0.39, 0.29) is 0 Å². The Bertz CT molecular complexity index is 689. The van der Waals surface area contributed by atoms with Gasteiger partial charge in [0.25, 0.3) is 0 Å². The maximum Gasteiger partial charge on any atom is 0.0801 e. The first kappa shape index (κ1) is 16.3. The number of hydrogen-bond acceptors (Lipinski definition) is 4. The molecule has 1 fully saturated rings. The first-order chi connectivity index (χ1) is 11.7. The molecule has 1 aliphatic heterocycles. The summed E-state index contributed by atoms with van der Waals surface area (Å²) in [6.45, 7) is 10.1. The van der Waals surface area contributed by atoms with Gasteiger partial charge < -0.3 is 4.74 Å². The van der Waals surface area contributed by atoms with E-state index in [4.69, 9.17) is 9.84 Å². The van der Waals surface area contributed by atoms with Crippen molar-refractivity contribution in [3.8, 4) is 0 Å². The molecule has 0 aromatic carbocycles. The summed E-state index contributed by atoms with van der Waals surface area (Å²) < 4.78 is 8.12. The number of ether oxygens (including phenoxy) is 1. The van der Waals surface area contributed by atoms with Crippen LogP contribution in [0, 0.1) is 12.8 Å². The Hall–Kier alpha value is -1.17. The highest BCUT2D eigenvalue weighted by Gasteiger charge is 2.29. The highest BCUT2D eigenvalue weighted by molar-refractivity contribution is 7.11. The molecule has 0 saturated heterocycles. The number of hydrogen-bond donors (Lipinski definition) is 0. The Labute approximate surface area is 148 Å². The predicted molar refractivity (Wildman–Crippen MR) is 97.4 cm³/mol. The summed E-state index contributed by atoms with van der Waals surface area (Å²) in [6.07, 6.45) is 4.95. The van der Waals surface area contributed by atoms with Gasteiger partial charge in [0.2, 0.25) is 0 Å². The molecule has 4 nitrogen and oxygen atoms in total. The van der Waals surface area contributed by atoms with Crippen molar-refractivity contribution in [3.63, 3.8) is 0 Å². The summed E-state index contributed by atoms with van der Waals surface area (Å²) in [5, 5.41) is 4.79. The lowest BCUT2D eigenvalue weighted by atomic mass is 9.95. The van der Waals surface area contributed by atoms with Gasteiger partial charge in [0, 0.05) is 60.2 Å². The molecule has 0 radical (unpaired) electrons. The van der Waals surface area contributed by atoms with Crippen LogP contribution in [0.1, 0.15) is 46.7 Å². The van der Waals surface area contributed by atoms with Gasteiger partial charge in [-0.1, -0.05) is 0 Å². The SMILES string of the molecule is CCn1cc2c(n1)CN(Cc1ccc(C)s1)C[C@H]2COCC1CC1. The zero-order valence-electron chi connectivity index (χ0n) is 14.7. The smallest absolute Gasteiger partial charge is 0.0801 e. The minimum Gasteiger partial charge on any atom is -0.380 e. The van der Waals surface area contributed by atoms with Gasteiger partial charge in [-0.25, -0.2) is 0 Å². The zero-order valence-corrected chi connectivity index (χ0v) is 15.5. The van der Waals surface area contributed by atoms with Gasteiger partial charge >= 0.3 is 0 Å². The fourth-order valence-corrected chi connectivity index (χ4v) is 4.44. The van der Waals surface area contributed by atoms with Crippen LogP contribution in [0.15, 0.2) is 18.3 Å². The van der Waals surface area contributed by atoms with E-state index in [0.717, 1.165) is 45.3 Å². The molecule has 3 heterocycles. The maximum atomic E-state index is 6.04. The van der Waals surface area contributed by atoms with Crippen LogP contribution >= 0.6 is 11.3 Å². The molecule has 4 rings (SSSR count). The normalized spacial score (nSPS) is 21.2. The third kappa shape index (κ3) is 3.73. The van der Waals surface area contributed by atoms with Crippen LogP contribution in [-0.2, 0) is 24.4 Å². The number of aromatic nitrogens is 2. The summed E-state index contributed by atoms with van der Waals surface area (Å²) in [5.41, 5.74) is 2.66. The molecule has 5 heteroatoms. The van der Waals surface area contributed by atoms with Crippen molar-refractivity contribution in [1.29, 1.82) is 0 Å². The first-order valence-electron chi connectivity index (χ1n) is 9.13. The zero-order chi connectivity index (χ0) is 16.5. The highest BCUT2D eigenvalue weighted by atomic mass is 32.1. The van der Waals surface area contributed by atoms with Gasteiger partial charge in [0.15, 0.2) is 0 Å². The Morgan fingerprint density at radius 1 is 1.29 bits per heavy atom. The van der Waals surface area contributed by atoms with E-state index in [1.54, 1.807) is 0 Å². The topological polar surface area (TPSA) is 30.3 Å². The van der Waals surface area contributed by atoms with Crippen LogP contribution in [0.3, 0.4) is 0 Å². The van der Waals surface area contributed by atoms with Crippen LogP contribution in [0.2, 0.25) is 0 Å². The Kier molecular flexibility index (Phi) is 4.74. The predicted octanol–water partition coefficient (Wildman–Crippen LogP) is 3.80. The molecular formula is C19H27N3OS. The minimum absolute atomic E-state index is 0.453. The number of aryl methyl sites for hydroxylation is 2. The van der Waals surface area contributed by atoms with Gasteiger partial charge in [0.05, 0.1) is 12.3 Å². The molecule has 0 amide bonds. The van der Waals surface area contributed by atoms with E-state index in [2.05, 4.69) is 41.8 Å². The molecule has 2 aromatic rings. The average Bonchev–Trinajstić information content (AvgIpc) is 3.15. The average molecular weight is 346 g/mol. The monoisotopic (exact) mass is 345 g/mol. The van der Waals surface area contributed by atoms with E-state index in [0.29, 0.717) is 5.92 Å². The summed E-state index contributed by atoms with van der Waals surface area (Å²) in [5.74, 6) is 1.28. The maximum absolute atomic E-state index is 6.04. The Morgan fingerprint density at radius 3 is 2.88 bits per heavy atom. The van der Waals surface area contributed by atoms with Crippen molar-refractivity contribution in [2.24, 2.45) is 5.92 Å². The molecule has 0 spiro atoms. The van der Waals surface area contributed by atoms with Crippen LogP contribution in [0.5, 0.6) is 0 Å². The molecule has 2 aliphatic rings. The van der Waals surface area contributed by atoms with Crippen LogP contribution in [0.25, 0.3) is 0 Å². The van der Waals surface area contributed by atoms with Gasteiger partial charge in [-0.15, -0.1) is 11.3 Å². The lowest BCUT2D eigenvalue weighted by Gasteiger charge is -2.31. The number of rotatable bonds is 7. The van der Waals surface area contributed by atoms with Crippen LogP contribution in [-0.4, -0.2) is 34.4 Å². The lowest BCUT2D eigenvalue weighted by Crippen LogP contribution is -2.34. The number of thiophene rings is 1. The molecule has 0 N–H and O–H groups in total. The largest absolute Gasteiger partial charge is 0.380 e. The molecule has 0 bridgehead atoms. The standard InChI is InChI=1S/C19H27N3OS/c1-3-22-10-18-16(13-23-12-15-5-6-15)8-21(11-19(18)20-22)9-17-7-4-14(2)24-17/h4,7,10,15-16H,3,5-6,8-9,11-13H2,1-2H3/t16-/m0/s1. The van der Waals surface area contributed by atoms with Gasteiger partial charge in [0.1, 0.15) is 0 Å². The third-order valence-corrected chi connectivity index (χ3v) is 6.02. The van der Waals surface area contributed by atoms with E-state index in [1.165, 1.54) is 33.9 Å². The molecular weight excluding hydrogens is 318 g/mol. The Morgan fingerprint density at radius 2 is 2.17 bits per heavy atom. The van der Waals surface area contributed by atoms with Crippen molar-refractivity contribution < 1.29 is 4.74 Å². The first-order valence-corrected chi connectivity index (χ1v) is 9.94. The van der Waals surface area contributed by atoms with E-state index in [1.807, 2.05) is 11.3 Å². The number of nitrogens with zero attached hydrogens (tertiary/aromatic N) is 3. The summed E-state index contributed by atoms with van der Waals surface area (Å²) in [4.78, 5) is 5.37. The molecule has 1 saturated carbocycles. The van der Waals surface area contributed by atoms with Crippen molar-refractivity contribution in [2.45, 2.75) is 52.2 Å². The molecule has 1 aliphatic carbocycles. The van der Waals surface area contributed by atoms with Gasteiger partial charge in [-0.3, -0.25) is 9.58 Å². The second kappa shape index (κ2) is 6.98. The van der Waals surface area contributed by atoms with E-state index < -0.39 is 0 Å². The molecule has 2 aromatic heterocycles. The minimum atomic E-state index is 0.453. The highest BCUT2D eigenvalue weighted by Crippen LogP contribution is 2.32. The fraction of sp³-hybridized carbons (Fsp3) is 0.632. The summed E-state index contributed by atoms with van der Waals surface area (Å²) in [6, 6.07) is 4.48. The quantitative estimate of drug-likeness (QED) is 0.765. The molecule has 24 heavy (non-hydrogen) atoms. The number of fused-ring (bicyclic) bond motifs is 1. The third-order valence-electron chi connectivity index (χ3n) is 5.03.